The van der Waals surface area contributed by atoms with Crippen LogP contribution in [0.4, 0.5) is 0 Å². The van der Waals surface area contributed by atoms with Gasteiger partial charge in [-0.15, -0.1) is 0 Å². The Morgan fingerprint density at radius 2 is 1.70 bits per heavy atom. The molecule has 0 aliphatic heterocycles. The minimum absolute atomic E-state index is 0. The zero-order valence-electron chi connectivity index (χ0n) is 6.06. The van der Waals surface area contributed by atoms with Gasteiger partial charge in [-0.1, -0.05) is 7.43 Å². The lowest BCUT2D eigenvalue weighted by molar-refractivity contribution is 0.296. The Bertz CT molecular complexity index is 89.4. The number of nitrogens with two attached hydrogens (primary N) is 2. The first-order valence-corrected chi connectivity index (χ1v) is 3.65. The van der Waals surface area contributed by atoms with Crippen LogP contribution in [0.25, 0.3) is 0 Å². The van der Waals surface area contributed by atoms with E-state index in [-0.39, 0.29) is 13.0 Å². The van der Waals surface area contributed by atoms with Crippen LogP contribution in [0.15, 0.2) is 0 Å². The lowest BCUT2D eigenvalue weighted by Crippen LogP contribution is -2.43. The van der Waals surface area contributed by atoms with Gasteiger partial charge in [-0.3, -0.25) is 0 Å². The van der Waals surface area contributed by atoms with Crippen molar-refractivity contribution in [3.05, 3.63) is 0 Å². The van der Waals surface area contributed by atoms with E-state index in [1.165, 1.54) is 0 Å². The molecule has 0 bridgehead atoms. The van der Waals surface area contributed by atoms with Gasteiger partial charge >= 0.3 is 0 Å². The molecule has 2 nitrogen and oxygen atoms in total. The maximum atomic E-state index is 5.88. The molecule has 0 aromatic carbocycles. The maximum absolute atomic E-state index is 5.88. The van der Waals surface area contributed by atoms with Gasteiger partial charge < -0.3 is 11.5 Å². The summed E-state index contributed by atoms with van der Waals surface area (Å²) in [5.74, 6) is 0. The fraction of sp³-hybridized carbons (Fsp3) is 1.00. The predicted molar refractivity (Wildman–Crippen MR) is 45.8 cm³/mol. The van der Waals surface area contributed by atoms with Gasteiger partial charge in [0.1, 0.15) is 0 Å². The van der Waals surface area contributed by atoms with Gasteiger partial charge in [0.2, 0.25) is 0 Å². The van der Waals surface area contributed by atoms with Crippen molar-refractivity contribution in [2.45, 2.75) is 51.6 Å². The molecule has 2 heteroatoms. The summed E-state index contributed by atoms with van der Waals surface area (Å²) in [4.78, 5) is 0. The van der Waals surface area contributed by atoms with E-state index < -0.39 is 0 Å². The topological polar surface area (TPSA) is 52.0 Å². The van der Waals surface area contributed by atoms with Crippen LogP contribution in [0.1, 0.15) is 40.0 Å². The fourth-order valence-electron chi connectivity index (χ4n) is 1.30. The molecule has 4 N–H and O–H groups in total. The first-order valence-electron chi connectivity index (χ1n) is 3.65. The Hall–Kier alpha value is -0.0800. The molecule has 1 aliphatic carbocycles. The van der Waals surface area contributed by atoms with Crippen molar-refractivity contribution >= 4 is 0 Å². The molecule has 10 heavy (non-hydrogen) atoms. The zero-order chi connectivity index (χ0) is 6.91. The highest BCUT2D eigenvalue weighted by molar-refractivity contribution is 4.86. The fourth-order valence-corrected chi connectivity index (χ4v) is 1.30. The highest BCUT2D eigenvalue weighted by Crippen LogP contribution is 2.23. The number of hydrogen-bond donors (Lipinski definition) is 2. The lowest BCUT2D eigenvalue weighted by Gasteiger charge is -2.32. The molecule has 0 heterocycles. The van der Waals surface area contributed by atoms with Crippen molar-refractivity contribution in [1.29, 1.82) is 0 Å². The Morgan fingerprint density at radius 1 is 1.30 bits per heavy atom. The normalized spacial score (nSPS) is 40.5. The summed E-state index contributed by atoms with van der Waals surface area (Å²) in [7, 11) is 0. The van der Waals surface area contributed by atoms with E-state index in [1.54, 1.807) is 0 Å². The average molecular weight is 144 g/mol. The summed E-state index contributed by atoms with van der Waals surface area (Å²) >= 11 is 0. The second-order valence-electron chi connectivity index (χ2n) is 3.49. The summed E-state index contributed by atoms with van der Waals surface area (Å²) < 4.78 is 0. The van der Waals surface area contributed by atoms with Crippen LogP contribution in [0, 0.1) is 0 Å². The smallest absolute Gasteiger partial charge is 0.0127 e. The molecule has 0 amide bonds. The maximum Gasteiger partial charge on any atom is 0.0127 e. The molecule has 1 aliphatic rings. The van der Waals surface area contributed by atoms with E-state index in [2.05, 4.69) is 6.92 Å². The Morgan fingerprint density at radius 3 is 2.00 bits per heavy atom. The Kier molecular flexibility index (Phi) is 3.33. The van der Waals surface area contributed by atoms with Gasteiger partial charge in [0.15, 0.2) is 0 Å². The van der Waals surface area contributed by atoms with Crippen molar-refractivity contribution in [2.75, 3.05) is 0 Å². The van der Waals surface area contributed by atoms with Crippen LogP contribution >= 0.6 is 0 Å². The van der Waals surface area contributed by atoms with Gasteiger partial charge in [-0.2, -0.15) is 0 Å². The summed E-state index contributed by atoms with van der Waals surface area (Å²) in [5.41, 5.74) is 11.7. The van der Waals surface area contributed by atoms with Crippen molar-refractivity contribution in [3.8, 4) is 0 Å². The van der Waals surface area contributed by atoms with Crippen LogP contribution in [-0.2, 0) is 0 Å². The Balaban J connectivity index is 0.000000810. The molecule has 0 unspecified atom stereocenters. The van der Waals surface area contributed by atoms with Gasteiger partial charge in [0.05, 0.1) is 0 Å². The number of hydrogen-bond acceptors (Lipinski definition) is 2. The zero-order valence-corrected chi connectivity index (χ0v) is 6.06. The first kappa shape index (κ1) is 9.92. The molecule has 0 atom stereocenters. The van der Waals surface area contributed by atoms with Crippen molar-refractivity contribution in [1.82, 2.24) is 0 Å². The Labute approximate surface area is 64.0 Å². The van der Waals surface area contributed by atoms with Crippen molar-refractivity contribution in [2.24, 2.45) is 11.5 Å². The largest absolute Gasteiger partial charge is 0.328 e. The summed E-state index contributed by atoms with van der Waals surface area (Å²) in [6.45, 7) is 2.11. The first-order chi connectivity index (χ1) is 4.10. The van der Waals surface area contributed by atoms with Crippen LogP contribution in [-0.4, -0.2) is 11.6 Å². The van der Waals surface area contributed by atoms with Crippen LogP contribution < -0.4 is 11.5 Å². The van der Waals surface area contributed by atoms with Gasteiger partial charge in [-0.05, 0) is 32.6 Å². The third kappa shape index (κ3) is 2.67. The molecule has 0 spiro atoms. The van der Waals surface area contributed by atoms with E-state index in [9.17, 15) is 0 Å². The molecule has 0 aromatic rings. The van der Waals surface area contributed by atoms with E-state index >= 15 is 0 Å². The molecule has 0 aromatic heterocycles. The van der Waals surface area contributed by atoms with Crippen LogP contribution in [0.3, 0.4) is 0 Å². The lowest BCUT2D eigenvalue weighted by atomic mass is 9.82. The SMILES string of the molecule is C.CC1(N)CCC(N)CC1. The quantitative estimate of drug-likeness (QED) is 0.537. The second-order valence-corrected chi connectivity index (χ2v) is 3.49. The highest BCUT2D eigenvalue weighted by Gasteiger charge is 2.24. The minimum atomic E-state index is 0. The summed E-state index contributed by atoms with van der Waals surface area (Å²) in [5, 5.41) is 0. The predicted octanol–water partition coefficient (Wildman–Crippen LogP) is 1.24. The van der Waals surface area contributed by atoms with Crippen molar-refractivity contribution < 1.29 is 0 Å². The molecular formula is C8H20N2. The highest BCUT2D eigenvalue weighted by atomic mass is 14.8. The molecular weight excluding hydrogens is 124 g/mol. The van der Waals surface area contributed by atoms with Crippen LogP contribution in [0.5, 0.6) is 0 Å². The molecule has 1 saturated carbocycles. The van der Waals surface area contributed by atoms with Gasteiger partial charge in [-0.25, -0.2) is 0 Å². The minimum Gasteiger partial charge on any atom is -0.328 e. The van der Waals surface area contributed by atoms with Gasteiger partial charge in [0.25, 0.3) is 0 Å². The molecule has 1 rings (SSSR count). The molecule has 1 fully saturated rings. The number of rotatable bonds is 0. The third-order valence-electron chi connectivity index (χ3n) is 2.17. The van der Waals surface area contributed by atoms with Gasteiger partial charge in [0, 0.05) is 11.6 Å². The monoisotopic (exact) mass is 144 g/mol. The van der Waals surface area contributed by atoms with E-state index in [0.29, 0.717) is 6.04 Å². The summed E-state index contributed by atoms with van der Waals surface area (Å²) in [6.07, 6.45) is 4.39. The van der Waals surface area contributed by atoms with Crippen molar-refractivity contribution in [3.63, 3.8) is 0 Å². The molecule has 0 radical (unpaired) electrons. The van der Waals surface area contributed by atoms with Crippen LogP contribution in [0.2, 0.25) is 0 Å². The van der Waals surface area contributed by atoms with E-state index in [4.69, 9.17) is 11.5 Å². The molecule has 62 valence electrons. The molecule has 0 saturated heterocycles. The average Bonchev–Trinajstić information content (AvgIpc) is 1.78. The second kappa shape index (κ2) is 3.35. The summed E-state index contributed by atoms with van der Waals surface area (Å²) in [6, 6.07) is 0.418. The van der Waals surface area contributed by atoms with E-state index in [1.807, 2.05) is 0 Å². The van der Waals surface area contributed by atoms with E-state index in [0.717, 1.165) is 25.7 Å². The third-order valence-corrected chi connectivity index (χ3v) is 2.17. The standard InChI is InChI=1S/C7H16N2.CH4/c1-7(9)4-2-6(8)3-5-7;/h6H,2-5,8-9H2,1H3;1H4.